The van der Waals surface area contributed by atoms with E-state index in [2.05, 4.69) is 32.0 Å². The molecular formula is C21H21NO2. The van der Waals surface area contributed by atoms with Gasteiger partial charge < -0.3 is 9.32 Å². The number of nitrogens with zero attached hydrogens (tertiary/aromatic N) is 1. The fraction of sp³-hybridized carbons (Fsp3) is 0.286. The van der Waals surface area contributed by atoms with Gasteiger partial charge in [-0.2, -0.15) is 0 Å². The van der Waals surface area contributed by atoms with Crippen molar-refractivity contribution in [3.8, 4) is 0 Å². The molecule has 1 amide bonds. The zero-order valence-electron chi connectivity index (χ0n) is 14.1. The van der Waals surface area contributed by atoms with Crippen LogP contribution in [0.1, 0.15) is 28.7 Å². The normalized spacial score (nSPS) is 14.0. The lowest BCUT2D eigenvalue weighted by Crippen LogP contribution is -2.36. The summed E-state index contributed by atoms with van der Waals surface area (Å²) in [6, 6.07) is 12.4. The minimum Gasteiger partial charge on any atom is -0.464 e. The number of fused-ring (bicyclic) bond motifs is 2. The van der Waals surface area contributed by atoms with Crippen LogP contribution in [0.4, 0.5) is 5.69 Å². The highest BCUT2D eigenvalue weighted by atomic mass is 16.3. The van der Waals surface area contributed by atoms with Crippen LogP contribution in [0.25, 0.3) is 11.0 Å². The Labute approximate surface area is 141 Å². The number of amides is 1. The summed E-state index contributed by atoms with van der Waals surface area (Å²) in [5.74, 6) is 0.142. The quantitative estimate of drug-likeness (QED) is 0.693. The van der Waals surface area contributed by atoms with Crippen LogP contribution in [0.5, 0.6) is 0 Å². The zero-order valence-corrected chi connectivity index (χ0v) is 14.1. The van der Waals surface area contributed by atoms with Gasteiger partial charge in [-0.25, -0.2) is 0 Å². The monoisotopic (exact) mass is 319 g/mol. The fourth-order valence-corrected chi connectivity index (χ4v) is 3.52. The van der Waals surface area contributed by atoms with Gasteiger partial charge in [0.25, 0.3) is 0 Å². The van der Waals surface area contributed by atoms with Gasteiger partial charge in [0.1, 0.15) is 5.58 Å². The van der Waals surface area contributed by atoms with Crippen LogP contribution in [0.3, 0.4) is 0 Å². The third-order valence-electron chi connectivity index (χ3n) is 5.02. The Bertz CT molecular complexity index is 923. The number of furan rings is 1. The Balaban J connectivity index is 1.65. The van der Waals surface area contributed by atoms with Crippen molar-refractivity contribution in [2.75, 3.05) is 11.4 Å². The van der Waals surface area contributed by atoms with Gasteiger partial charge in [0.05, 0.1) is 12.7 Å². The number of anilines is 1. The lowest BCUT2D eigenvalue weighted by atomic mass is 10.00. The SMILES string of the molecule is Cc1cc2occ(CC(=O)N3CCCc4ccccc43)c2cc1C. The van der Waals surface area contributed by atoms with Crippen molar-refractivity contribution in [3.05, 3.63) is 64.9 Å². The van der Waals surface area contributed by atoms with Gasteiger partial charge >= 0.3 is 0 Å². The first kappa shape index (κ1) is 15.0. The van der Waals surface area contributed by atoms with E-state index >= 15 is 0 Å². The van der Waals surface area contributed by atoms with Crippen molar-refractivity contribution >= 4 is 22.6 Å². The number of rotatable bonds is 2. The Kier molecular flexibility index (Phi) is 3.64. The minimum absolute atomic E-state index is 0.142. The average Bonchev–Trinajstić information content (AvgIpc) is 2.96. The molecule has 0 spiro atoms. The molecule has 0 bridgehead atoms. The third kappa shape index (κ3) is 2.50. The highest BCUT2D eigenvalue weighted by Gasteiger charge is 2.23. The van der Waals surface area contributed by atoms with Gasteiger partial charge in [-0.05, 0) is 61.6 Å². The summed E-state index contributed by atoms with van der Waals surface area (Å²) in [4.78, 5) is 14.8. The number of hydrogen-bond acceptors (Lipinski definition) is 2. The van der Waals surface area contributed by atoms with E-state index < -0.39 is 0 Å². The first-order valence-electron chi connectivity index (χ1n) is 8.49. The summed E-state index contributed by atoms with van der Waals surface area (Å²) >= 11 is 0. The molecular weight excluding hydrogens is 298 g/mol. The van der Waals surface area contributed by atoms with Crippen LogP contribution in [0.15, 0.2) is 47.1 Å². The molecule has 3 heteroatoms. The highest BCUT2D eigenvalue weighted by molar-refractivity contribution is 5.98. The number of hydrogen-bond donors (Lipinski definition) is 0. The molecule has 0 saturated carbocycles. The Morgan fingerprint density at radius 2 is 1.96 bits per heavy atom. The molecule has 0 atom stereocenters. The second kappa shape index (κ2) is 5.82. The molecule has 0 radical (unpaired) electrons. The second-order valence-corrected chi connectivity index (χ2v) is 6.65. The highest BCUT2D eigenvalue weighted by Crippen LogP contribution is 2.29. The molecule has 0 N–H and O–H groups in total. The molecule has 24 heavy (non-hydrogen) atoms. The number of carbonyl (C=O) groups is 1. The summed E-state index contributed by atoms with van der Waals surface area (Å²) in [5.41, 5.74) is 6.59. The van der Waals surface area contributed by atoms with Gasteiger partial charge in [0, 0.05) is 23.2 Å². The molecule has 3 aromatic rings. The summed E-state index contributed by atoms with van der Waals surface area (Å²) in [7, 11) is 0. The number of carbonyl (C=O) groups excluding carboxylic acids is 1. The van der Waals surface area contributed by atoms with Crippen LogP contribution in [0, 0.1) is 13.8 Å². The average molecular weight is 319 g/mol. The smallest absolute Gasteiger partial charge is 0.231 e. The van der Waals surface area contributed by atoms with Crippen molar-refractivity contribution in [1.82, 2.24) is 0 Å². The molecule has 1 aliphatic heterocycles. The molecule has 4 rings (SSSR count). The Morgan fingerprint density at radius 1 is 1.17 bits per heavy atom. The van der Waals surface area contributed by atoms with E-state index in [0.29, 0.717) is 6.42 Å². The maximum atomic E-state index is 12.9. The third-order valence-corrected chi connectivity index (χ3v) is 5.02. The van der Waals surface area contributed by atoms with E-state index in [1.165, 1.54) is 16.7 Å². The first-order chi connectivity index (χ1) is 11.6. The van der Waals surface area contributed by atoms with Gasteiger partial charge in [-0.15, -0.1) is 0 Å². The van der Waals surface area contributed by atoms with Crippen molar-refractivity contribution in [3.63, 3.8) is 0 Å². The summed E-state index contributed by atoms with van der Waals surface area (Å²) < 4.78 is 5.67. The molecule has 3 nitrogen and oxygen atoms in total. The van der Waals surface area contributed by atoms with E-state index in [0.717, 1.165) is 41.6 Å². The molecule has 2 aromatic carbocycles. The largest absolute Gasteiger partial charge is 0.464 e. The summed E-state index contributed by atoms with van der Waals surface area (Å²) in [5, 5.41) is 1.05. The van der Waals surface area contributed by atoms with Gasteiger partial charge in [0.15, 0.2) is 0 Å². The first-order valence-corrected chi connectivity index (χ1v) is 8.49. The Hall–Kier alpha value is -2.55. The van der Waals surface area contributed by atoms with Crippen molar-refractivity contribution < 1.29 is 9.21 Å². The number of para-hydroxylation sites is 1. The van der Waals surface area contributed by atoms with Gasteiger partial charge in [-0.3, -0.25) is 4.79 Å². The molecule has 0 aliphatic carbocycles. The van der Waals surface area contributed by atoms with Crippen LogP contribution < -0.4 is 4.90 Å². The maximum absolute atomic E-state index is 12.9. The number of aryl methyl sites for hydroxylation is 3. The van der Waals surface area contributed by atoms with Crippen LogP contribution in [0.2, 0.25) is 0 Å². The lowest BCUT2D eigenvalue weighted by molar-refractivity contribution is -0.118. The van der Waals surface area contributed by atoms with Crippen LogP contribution >= 0.6 is 0 Å². The van der Waals surface area contributed by atoms with E-state index in [9.17, 15) is 4.79 Å². The van der Waals surface area contributed by atoms with E-state index in [-0.39, 0.29) is 5.91 Å². The number of benzene rings is 2. The van der Waals surface area contributed by atoms with Gasteiger partial charge in [0.2, 0.25) is 5.91 Å². The van der Waals surface area contributed by atoms with Crippen molar-refractivity contribution in [2.24, 2.45) is 0 Å². The van der Waals surface area contributed by atoms with E-state index in [1.807, 2.05) is 23.1 Å². The predicted molar refractivity (Wildman–Crippen MR) is 96.5 cm³/mol. The van der Waals surface area contributed by atoms with E-state index in [1.54, 1.807) is 6.26 Å². The van der Waals surface area contributed by atoms with Crippen LogP contribution in [-0.2, 0) is 17.6 Å². The van der Waals surface area contributed by atoms with Crippen molar-refractivity contribution in [1.29, 1.82) is 0 Å². The van der Waals surface area contributed by atoms with Gasteiger partial charge in [-0.1, -0.05) is 18.2 Å². The Morgan fingerprint density at radius 3 is 2.83 bits per heavy atom. The zero-order chi connectivity index (χ0) is 16.7. The second-order valence-electron chi connectivity index (χ2n) is 6.65. The predicted octanol–water partition coefficient (Wildman–Crippen LogP) is 4.57. The lowest BCUT2D eigenvalue weighted by Gasteiger charge is -2.29. The van der Waals surface area contributed by atoms with E-state index in [4.69, 9.17) is 4.42 Å². The molecule has 0 unspecified atom stereocenters. The van der Waals surface area contributed by atoms with Crippen LogP contribution in [-0.4, -0.2) is 12.5 Å². The summed E-state index contributed by atoms with van der Waals surface area (Å²) in [6.07, 6.45) is 4.18. The summed E-state index contributed by atoms with van der Waals surface area (Å²) in [6.45, 7) is 4.96. The molecule has 1 aromatic heterocycles. The molecule has 2 heterocycles. The standard InChI is InChI=1S/C21H21NO2/c1-14-10-18-17(13-24-20(18)11-15(14)2)12-21(23)22-9-5-7-16-6-3-4-8-19(16)22/h3-4,6,8,10-11,13H,5,7,9,12H2,1-2H3. The molecule has 122 valence electrons. The topological polar surface area (TPSA) is 33.5 Å². The van der Waals surface area contributed by atoms with Crippen molar-refractivity contribution in [2.45, 2.75) is 33.1 Å². The molecule has 0 saturated heterocycles. The minimum atomic E-state index is 0.142. The molecule has 1 aliphatic rings. The molecule has 0 fully saturated rings. The maximum Gasteiger partial charge on any atom is 0.231 e. The fourth-order valence-electron chi connectivity index (χ4n) is 3.52.